The highest BCUT2D eigenvalue weighted by molar-refractivity contribution is 7.81. The Morgan fingerprint density at radius 1 is 1.47 bits per heavy atom. The van der Waals surface area contributed by atoms with Crippen molar-refractivity contribution in [3.05, 3.63) is 17.0 Å². The van der Waals surface area contributed by atoms with E-state index in [1.165, 1.54) is 0 Å². The highest BCUT2D eigenvalue weighted by atomic mass is 32.1. The van der Waals surface area contributed by atoms with E-state index in [4.69, 9.17) is 4.52 Å². The Kier molecular flexibility index (Phi) is 3.79. The second-order valence-electron chi connectivity index (χ2n) is 3.64. The number of hydrogen-bond acceptors (Lipinski definition) is 4. The van der Waals surface area contributed by atoms with Gasteiger partial charge in [0, 0.05) is 5.56 Å². The van der Waals surface area contributed by atoms with E-state index in [2.05, 4.69) is 23.1 Å². The van der Waals surface area contributed by atoms with Crippen LogP contribution in [0.5, 0.6) is 0 Å². The van der Waals surface area contributed by atoms with Gasteiger partial charge in [-0.2, -0.15) is 12.6 Å². The summed E-state index contributed by atoms with van der Waals surface area (Å²) in [4.78, 5) is 11.4. The Morgan fingerprint density at radius 3 is 2.47 bits per heavy atom. The van der Waals surface area contributed by atoms with Crippen LogP contribution in [-0.4, -0.2) is 16.3 Å². The molecule has 1 amide bonds. The number of carbonyl (C=O) groups is 1. The summed E-state index contributed by atoms with van der Waals surface area (Å²) in [7, 11) is 0. The smallest absolute Gasteiger partial charge is 0.233 e. The van der Waals surface area contributed by atoms with Crippen molar-refractivity contribution < 1.29 is 9.32 Å². The van der Waals surface area contributed by atoms with Gasteiger partial charge < -0.3 is 9.84 Å². The van der Waals surface area contributed by atoms with E-state index >= 15 is 0 Å². The Balaban J connectivity index is 2.77. The zero-order chi connectivity index (χ0) is 11.6. The van der Waals surface area contributed by atoms with Gasteiger partial charge in [0.25, 0.3) is 0 Å². The van der Waals surface area contributed by atoms with Crippen LogP contribution in [-0.2, 0) is 4.79 Å². The van der Waals surface area contributed by atoms with Crippen molar-refractivity contribution in [3.63, 3.8) is 0 Å². The fourth-order valence-electron chi connectivity index (χ4n) is 1.51. The number of aromatic nitrogens is 1. The third-order valence-corrected chi connectivity index (χ3v) is 2.49. The van der Waals surface area contributed by atoms with E-state index in [1.54, 1.807) is 6.92 Å². The summed E-state index contributed by atoms with van der Waals surface area (Å²) < 4.78 is 5.04. The number of amides is 1. The third-order valence-electron chi connectivity index (χ3n) is 2.26. The summed E-state index contributed by atoms with van der Waals surface area (Å²) in [6.07, 6.45) is 0. The van der Waals surface area contributed by atoms with Gasteiger partial charge in [-0.05, 0) is 27.7 Å². The minimum absolute atomic E-state index is 0.0918. The molecule has 1 heterocycles. The molecular formula is C10H16N2O2S. The van der Waals surface area contributed by atoms with Crippen LogP contribution < -0.4 is 5.32 Å². The molecule has 15 heavy (non-hydrogen) atoms. The maximum Gasteiger partial charge on any atom is 0.233 e. The van der Waals surface area contributed by atoms with Crippen molar-refractivity contribution >= 4 is 18.5 Å². The lowest BCUT2D eigenvalue weighted by Gasteiger charge is -2.14. The number of aryl methyl sites for hydroxylation is 2. The van der Waals surface area contributed by atoms with Gasteiger partial charge in [-0.1, -0.05) is 5.16 Å². The molecule has 0 aromatic carbocycles. The first-order valence-corrected chi connectivity index (χ1v) is 5.36. The molecule has 0 fully saturated rings. The van der Waals surface area contributed by atoms with Crippen molar-refractivity contribution in [2.45, 2.75) is 39.0 Å². The second kappa shape index (κ2) is 4.70. The van der Waals surface area contributed by atoms with Crippen molar-refractivity contribution in [2.75, 3.05) is 0 Å². The number of carbonyl (C=O) groups excluding carboxylic acids is 1. The van der Waals surface area contributed by atoms with Gasteiger partial charge in [0.1, 0.15) is 5.76 Å². The number of hydrogen-bond donors (Lipinski definition) is 2. The third kappa shape index (κ3) is 2.75. The molecule has 0 saturated heterocycles. The largest absolute Gasteiger partial charge is 0.361 e. The lowest BCUT2D eigenvalue weighted by Crippen LogP contribution is -2.32. The highest BCUT2D eigenvalue weighted by Gasteiger charge is 2.19. The quantitative estimate of drug-likeness (QED) is 0.775. The van der Waals surface area contributed by atoms with E-state index in [-0.39, 0.29) is 17.2 Å². The van der Waals surface area contributed by atoms with Gasteiger partial charge in [-0.3, -0.25) is 4.79 Å². The van der Waals surface area contributed by atoms with Crippen LogP contribution in [0, 0.1) is 13.8 Å². The Labute approximate surface area is 94.8 Å². The van der Waals surface area contributed by atoms with Crippen LogP contribution in [0.4, 0.5) is 0 Å². The molecule has 5 heteroatoms. The Hall–Kier alpha value is -0.970. The molecule has 0 radical (unpaired) electrons. The van der Waals surface area contributed by atoms with Crippen molar-refractivity contribution in [3.8, 4) is 0 Å². The van der Waals surface area contributed by atoms with Gasteiger partial charge >= 0.3 is 0 Å². The zero-order valence-corrected chi connectivity index (χ0v) is 10.3. The second-order valence-corrected chi connectivity index (χ2v) is 4.42. The molecular weight excluding hydrogens is 212 g/mol. The van der Waals surface area contributed by atoms with Crippen LogP contribution in [0.1, 0.15) is 36.9 Å². The normalized spacial score (nSPS) is 14.7. The summed E-state index contributed by atoms with van der Waals surface area (Å²) in [6.45, 7) is 7.33. The molecule has 2 atom stereocenters. The number of nitrogens with one attached hydrogen (secondary N) is 1. The minimum atomic E-state index is -0.312. The van der Waals surface area contributed by atoms with Gasteiger partial charge in [0.2, 0.25) is 5.91 Å². The molecule has 1 aromatic heterocycles. The van der Waals surface area contributed by atoms with Crippen LogP contribution in [0.15, 0.2) is 4.52 Å². The SMILES string of the molecule is Cc1noc(C)c1C(C)NC(=O)C(C)S. The van der Waals surface area contributed by atoms with E-state index in [1.807, 2.05) is 20.8 Å². The van der Waals surface area contributed by atoms with E-state index in [0.29, 0.717) is 0 Å². The molecule has 2 unspecified atom stereocenters. The molecule has 4 nitrogen and oxygen atoms in total. The summed E-state index contributed by atoms with van der Waals surface area (Å²) in [5.74, 6) is 0.651. The summed E-state index contributed by atoms with van der Waals surface area (Å²) in [5.41, 5.74) is 1.75. The molecule has 1 aromatic rings. The summed E-state index contributed by atoms with van der Waals surface area (Å²) in [5, 5.41) is 6.38. The molecule has 1 N–H and O–H groups in total. The number of nitrogens with zero attached hydrogens (tertiary/aromatic N) is 1. The topological polar surface area (TPSA) is 55.1 Å². The molecule has 1 rings (SSSR count). The Morgan fingerprint density at radius 2 is 2.07 bits per heavy atom. The van der Waals surface area contributed by atoms with Crippen molar-refractivity contribution in [2.24, 2.45) is 0 Å². The molecule has 84 valence electrons. The Bertz CT molecular complexity index is 341. The molecule has 0 saturated carbocycles. The van der Waals surface area contributed by atoms with Crippen molar-refractivity contribution in [1.29, 1.82) is 0 Å². The molecule has 0 aliphatic carbocycles. The molecule has 0 aliphatic heterocycles. The fourth-order valence-corrected chi connectivity index (χ4v) is 1.59. The first kappa shape index (κ1) is 12.1. The van der Waals surface area contributed by atoms with E-state index in [0.717, 1.165) is 17.0 Å². The lowest BCUT2D eigenvalue weighted by atomic mass is 10.1. The first-order chi connectivity index (χ1) is 6.93. The average Bonchev–Trinajstić information content (AvgIpc) is 2.45. The lowest BCUT2D eigenvalue weighted by molar-refractivity contribution is -0.120. The summed E-state index contributed by atoms with van der Waals surface area (Å²) >= 11 is 4.07. The predicted octanol–water partition coefficient (Wildman–Crippen LogP) is 1.79. The van der Waals surface area contributed by atoms with Gasteiger partial charge in [0.05, 0.1) is 17.0 Å². The van der Waals surface area contributed by atoms with Crippen LogP contribution >= 0.6 is 12.6 Å². The summed E-state index contributed by atoms with van der Waals surface area (Å²) in [6, 6.07) is -0.0988. The van der Waals surface area contributed by atoms with Crippen molar-refractivity contribution in [1.82, 2.24) is 10.5 Å². The predicted molar refractivity (Wildman–Crippen MR) is 61.0 cm³/mol. The fraction of sp³-hybridized carbons (Fsp3) is 0.600. The first-order valence-electron chi connectivity index (χ1n) is 4.84. The average molecular weight is 228 g/mol. The zero-order valence-electron chi connectivity index (χ0n) is 9.37. The number of thiol groups is 1. The van der Waals surface area contributed by atoms with Gasteiger partial charge in [-0.25, -0.2) is 0 Å². The number of rotatable bonds is 3. The van der Waals surface area contributed by atoms with Crippen LogP contribution in [0.3, 0.4) is 0 Å². The monoisotopic (exact) mass is 228 g/mol. The molecule has 0 spiro atoms. The van der Waals surface area contributed by atoms with E-state index < -0.39 is 0 Å². The molecule has 0 aliphatic rings. The van der Waals surface area contributed by atoms with Gasteiger partial charge in [-0.15, -0.1) is 0 Å². The highest BCUT2D eigenvalue weighted by Crippen LogP contribution is 2.20. The van der Waals surface area contributed by atoms with Crippen LogP contribution in [0.2, 0.25) is 0 Å². The maximum atomic E-state index is 11.4. The van der Waals surface area contributed by atoms with Gasteiger partial charge in [0.15, 0.2) is 0 Å². The molecule has 0 bridgehead atoms. The van der Waals surface area contributed by atoms with Crippen LogP contribution in [0.25, 0.3) is 0 Å². The maximum absolute atomic E-state index is 11.4. The standard InChI is InChI=1S/C10H16N2O2S/c1-5(11-10(13)8(4)15)9-6(2)12-14-7(9)3/h5,8,15H,1-4H3,(H,11,13). The minimum Gasteiger partial charge on any atom is -0.361 e. The van der Waals surface area contributed by atoms with E-state index in [9.17, 15) is 4.79 Å².